The summed E-state index contributed by atoms with van der Waals surface area (Å²) in [5.74, 6) is -0.572. The molecular weight excluding hydrogens is 387 g/mol. The first-order valence-electron chi connectivity index (χ1n) is 9.12. The van der Waals surface area contributed by atoms with Gasteiger partial charge >= 0.3 is 12.1 Å². The van der Waals surface area contributed by atoms with E-state index in [9.17, 15) is 22.8 Å². The normalized spacial score (nSPS) is 11.0. The van der Waals surface area contributed by atoms with Crippen LogP contribution in [0.15, 0.2) is 48.5 Å². The lowest BCUT2D eigenvalue weighted by molar-refractivity contribution is -0.137. The molecule has 0 spiro atoms. The van der Waals surface area contributed by atoms with Crippen molar-refractivity contribution in [3.05, 3.63) is 65.2 Å². The summed E-state index contributed by atoms with van der Waals surface area (Å²) < 4.78 is 48.0. The van der Waals surface area contributed by atoms with E-state index in [0.717, 1.165) is 25.0 Å². The Hall–Kier alpha value is -3.03. The maximum absolute atomic E-state index is 12.5. The molecule has 8 heteroatoms. The fourth-order valence-corrected chi connectivity index (χ4v) is 2.30. The largest absolute Gasteiger partial charge is 0.494 e. The summed E-state index contributed by atoms with van der Waals surface area (Å²) >= 11 is 0. The van der Waals surface area contributed by atoms with Gasteiger partial charge in [-0.05, 0) is 48.4 Å². The zero-order valence-electron chi connectivity index (χ0n) is 15.9. The van der Waals surface area contributed by atoms with E-state index in [1.54, 1.807) is 24.3 Å². The van der Waals surface area contributed by atoms with Crippen LogP contribution in [0, 0.1) is 0 Å². The molecule has 1 N–H and O–H groups in total. The number of carbonyl (C=O) groups excluding carboxylic acids is 2. The smallest absolute Gasteiger partial charge is 0.416 e. The van der Waals surface area contributed by atoms with Crippen LogP contribution in [0.1, 0.15) is 41.3 Å². The predicted octanol–water partition coefficient (Wildman–Crippen LogP) is 4.36. The number of hydrogen-bond donors (Lipinski definition) is 1. The Morgan fingerprint density at radius 2 is 1.66 bits per heavy atom. The number of esters is 1. The predicted molar refractivity (Wildman–Crippen MR) is 100 cm³/mol. The van der Waals surface area contributed by atoms with Gasteiger partial charge in [-0.2, -0.15) is 13.2 Å². The van der Waals surface area contributed by atoms with Gasteiger partial charge in [0.15, 0.2) is 6.61 Å². The molecule has 0 aromatic heterocycles. The van der Waals surface area contributed by atoms with E-state index in [2.05, 4.69) is 12.2 Å². The Labute approximate surface area is 166 Å². The van der Waals surface area contributed by atoms with Crippen molar-refractivity contribution in [2.75, 3.05) is 13.2 Å². The highest BCUT2D eigenvalue weighted by Gasteiger charge is 2.29. The van der Waals surface area contributed by atoms with E-state index in [-0.39, 0.29) is 12.1 Å². The minimum absolute atomic E-state index is 0.0261. The Morgan fingerprint density at radius 3 is 2.24 bits per heavy atom. The summed E-state index contributed by atoms with van der Waals surface area (Å²) in [5.41, 5.74) is 0.0167. The van der Waals surface area contributed by atoms with Gasteiger partial charge < -0.3 is 14.8 Å². The second-order valence-corrected chi connectivity index (χ2v) is 6.27. The molecule has 0 aliphatic carbocycles. The average Bonchev–Trinajstić information content (AvgIpc) is 2.71. The molecule has 0 atom stereocenters. The van der Waals surface area contributed by atoms with Crippen LogP contribution in [0.5, 0.6) is 5.75 Å². The molecule has 2 aromatic carbocycles. The molecule has 0 aliphatic heterocycles. The van der Waals surface area contributed by atoms with Gasteiger partial charge in [0, 0.05) is 6.54 Å². The van der Waals surface area contributed by atoms with Crippen molar-refractivity contribution >= 4 is 11.9 Å². The minimum atomic E-state index is -4.41. The fourth-order valence-electron chi connectivity index (χ4n) is 2.30. The van der Waals surface area contributed by atoms with Crippen molar-refractivity contribution in [1.29, 1.82) is 0 Å². The average molecular weight is 409 g/mol. The summed E-state index contributed by atoms with van der Waals surface area (Å²) in [6, 6.07) is 10.8. The summed E-state index contributed by atoms with van der Waals surface area (Å²) in [7, 11) is 0. The van der Waals surface area contributed by atoms with Gasteiger partial charge in [0.25, 0.3) is 5.91 Å². The molecule has 0 unspecified atom stereocenters. The lowest BCUT2D eigenvalue weighted by Gasteiger charge is -2.09. The highest BCUT2D eigenvalue weighted by Crippen LogP contribution is 2.29. The Bertz CT molecular complexity index is 802. The molecular formula is C21H22F3NO4. The quantitative estimate of drug-likeness (QED) is 0.494. The third-order valence-electron chi connectivity index (χ3n) is 3.96. The number of alkyl halides is 3. The zero-order chi connectivity index (χ0) is 21.3. The second kappa shape index (κ2) is 10.5. The van der Waals surface area contributed by atoms with Crippen LogP contribution in [-0.2, 0) is 22.3 Å². The molecule has 0 heterocycles. The topological polar surface area (TPSA) is 64.6 Å². The monoisotopic (exact) mass is 409 g/mol. The van der Waals surface area contributed by atoms with Crippen LogP contribution < -0.4 is 10.1 Å². The highest BCUT2D eigenvalue weighted by molar-refractivity contribution is 5.91. The van der Waals surface area contributed by atoms with Crippen molar-refractivity contribution in [2.24, 2.45) is 0 Å². The molecule has 29 heavy (non-hydrogen) atoms. The van der Waals surface area contributed by atoms with Crippen LogP contribution in [-0.4, -0.2) is 25.1 Å². The third kappa shape index (κ3) is 7.48. The van der Waals surface area contributed by atoms with Crippen molar-refractivity contribution < 1.29 is 32.2 Å². The molecule has 156 valence electrons. The van der Waals surface area contributed by atoms with Gasteiger partial charge in [-0.25, -0.2) is 4.79 Å². The lowest BCUT2D eigenvalue weighted by atomic mass is 10.1. The molecule has 0 bridgehead atoms. The van der Waals surface area contributed by atoms with Gasteiger partial charge in [-0.15, -0.1) is 0 Å². The number of ether oxygens (including phenoxy) is 2. The lowest BCUT2D eigenvalue weighted by Crippen LogP contribution is -2.28. The molecule has 2 rings (SSSR count). The number of amides is 1. The number of nitrogens with one attached hydrogen (secondary N) is 1. The number of carbonyl (C=O) groups is 2. The van der Waals surface area contributed by atoms with E-state index in [1.807, 2.05) is 0 Å². The number of unbranched alkanes of at least 4 members (excludes halogenated alkanes) is 1. The Morgan fingerprint density at radius 1 is 1.00 bits per heavy atom. The van der Waals surface area contributed by atoms with E-state index in [4.69, 9.17) is 9.47 Å². The van der Waals surface area contributed by atoms with Crippen LogP contribution in [0.4, 0.5) is 13.2 Å². The van der Waals surface area contributed by atoms with Crippen molar-refractivity contribution in [3.8, 4) is 5.75 Å². The SMILES string of the molecule is CCCCOc1ccc(C(=O)OCC(=O)NCc2ccc(C(F)(F)F)cc2)cc1. The molecule has 0 aliphatic rings. The molecule has 0 saturated carbocycles. The Balaban J connectivity index is 1.75. The zero-order valence-corrected chi connectivity index (χ0v) is 15.9. The van der Waals surface area contributed by atoms with Crippen molar-refractivity contribution in [2.45, 2.75) is 32.5 Å². The standard InChI is InChI=1S/C21H22F3NO4/c1-2-3-12-28-18-10-6-16(7-11-18)20(27)29-14-19(26)25-13-15-4-8-17(9-5-15)21(22,23)24/h4-11H,2-3,12-14H2,1H3,(H,25,26). The van der Waals surface area contributed by atoms with Crippen molar-refractivity contribution in [1.82, 2.24) is 5.32 Å². The number of hydrogen-bond acceptors (Lipinski definition) is 4. The summed E-state index contributed by atoms with van der Waals surface area (Å²) in [6.07, 6.45) is -2.45. The first kappa shape index (κ1) is 22.3. The van der Waals surface area contributed by atoms with Gasteiger partial charge in [-0.1, -0.05) is 25.5 Å². The highest BCUT2D eigenvalue weighted by atomic mass is 19.4. The second-order valence-electron chi connectivity index (χ2n) is 6.27. The van der Waals surface area contributed by atoms with Gasteiger partial charge in [0.05, 0.1) is 17.7 Å². The molecule has 0 radical (unpaired) electrons. The minimum Gasteiger partial charge on any atom is -0.494 e. The van der Waals surface area contributed by atoms with Gasteiger partial charge in [-0.3, -0.25) is 4.79 Å². The molecule has 1 amide bonds. The summed E-state index contributed by atoms with van der Waals surface area (Å²) in [4.78, 5) is 23.8. The van der Waals surface area contributed by atoms with Crippen LogP contribution >= 0.6 is 0 Å². The molecule has 0 saturated heterocycles. The van der Waals surface area contributed by atoms with E-state index < -0.39 is 30.2 Å². The molecule has 5 nitrogen and oxygen atoms in total. The van der Waals surface area contributed by atoms with Gasteiger partial charge in [0.1, 0.15) is 5.75 Å². The van der Waals surface area contributed by atoms with Crippen LogP contribution in [0.2, 0.25) is 0 Å². The summed E-state index contributed by atoms with van der Waals surface area (Å²) in [5, 5.41) is 2.48. The van der Waals surface area contributed by atoms with E-state index in [1.165, 1.54) is 12.1 Å². The summed E-state index contributed by atoms with van der Waals surface area (Å²) in [6.45, 7) is 2.19. The van der Waals surface area contributed by atoms with Crippen molar-refractivity contribution in [3.63, 3.8) is 0 Å². The molecule has 2 aromatic rings. The van der Waals surface area contributed by atoms with E-state index >= 15 is 0 Å². The van der Waals surface area contributed by atoms with Crippen LogP contribution in [0.25, 0.3) is 0 Å². The Kier molecular flexibility index (Phi) is 8.06. The fraction of sp³-hybridized carbons (Fsp3) is 0.333. The first-order chi connectivity index (χ1) is 13.8. The first-order valence-corrected chi connectivity index (χ1v) is 9.12. The molecule has 0 fully saturated rings. The number of halogens is 3. The maximum atomic E-state index is 12.5. The van der Waals surface area contributed by atoms with Gasteiger partial charge in [0.2, 0.25) is 0 Å². The van der Waals surface area contributed by atoms with Crippen LogP contribution in [0.3, 0.4) is 0 Å². The maximum Gasteiger partial charge on any atom is 0.416 e. The number of rotatable bonds is 9. The third-order valence-corrected chi connectivity index (χ3v) is 3.96. The number of benzene rings is 2. The van der Waals surface area contributed by atoms with E-state index in [0.29, 0.717) is 17.9 Å².